The van der Waals surface area contributed by atoms with Crippen molar-refractivity contribution in [2.75, 3.05) is 13.6 Å². The molecule has 206 valence electrons. The third kappa shape index (κ3) is 5.40. The highest BCUT2D eigenvalue weighted by molar-refractivity contribution is 6.20. The maximum absolute atomic E-state index is 14.3. The first-order chi connectivity index (χ1) is 18.6. The van der Waals surface area contributed by atoms with Crippen LogP contribution in [0.5, 0.6) is 0 Å². The van der Waals surface area contributed by atoms with E-state index in [2.05, 4.69) is 0 Å². The molecule has 4 amide bonds. The Bertz CT molecular complexity index is 1320. The number of benzene rings is 1. The molecule has 3 atom stereocenters. The summed E-state index contributed by atoms with van der Waals surface area (Å²) in [6, 6.07) is 9.53. The standard InChI is InChI=1S/C28H32N4O7/c1-18(29)25(36)31-14-6-9-21(31)26(37)32-23(34)12-11-22(33)28(32,15-19-7-4-3-5-8-19)27(38)30(2)16-20-10-13-24(35)39-17-20/h3-5,7-8,10,13,17-18,21H,6,9,11-12,14-16,29H2,1-2H3/t18-,21-,28+/m0/s1. The van der Waals surface area contributed by atoms with E-state index >= 15 is 0 Å². The molecular formula is C28H32N4O7. The van der Waals surface area contributed by atoms with Gasteiger partial charge in [-0.1, -0.05) is 30.3 Å². The van der Waals surface area contributed by atoms with Crippen LogP contribution in [0.1, 0.15) is 43.7 Å². The van der Waals surface area contributed by atoms with Gasteiger partial charge in [0.25, 0.3) is 11.8 Å². The summed E-state index contributed by atoms with van der Waals surface area (Å²) in [7, 11) is 1.46. The summed E-state index contributed by atoms with van der Waals surface area (Å²) in [5.41, 5.74) is 4.17. The Morgan fingerprint density at radius 1 is 1.08 bits per heavy atom. The van der Waals surface area contributed by atoms with Gasteiger partial charge in [-0.25, -0.2) is 4.79 Å². The quantitative estimate of drug-likeness (QED) is 0.400. The highest BCUT2D eigenvalue weighted by Gasteiger charge is 2.59. The first kappa shape index (κ1) is 27.9. The number of imide groups is 1. The highest BCUT2D eigenvalue weighted by atomic mass is 16.4. The molecule has 4 rings (SSSR count). The number of Topliss-reactive ketones (excluding diaryl/α,β-unsaturated/α-hetero) is 1. The van der Waals surface area contributed by atoms with Crippen LogP contribution in [-0.4, -0.2) is 75.3 Å². The number of ketones is 1. The molecule has 2 aliphatic heterocycles. The minimum atomic E-state index is -2.15. The Morgan fingerprint density at radius 2 is 1.79 bits per heavy atom. The first-order valence-electron chi connectivity index (χ1n) is 12.9. The predicted octanol–water partition coefficient (Wildman–Crippen LogP) is 0.636. The summed E-state index contributed by atoms with van der Waals surface area (Å²) in [5, 5.41) is 0. The van der Waals surface area contributed by atoms with Crippen molar-refractivity contribution in [1.29, 1.82) is 0 Å². The Hall–Kier alpha value is -4.12. The molecule has 3 heterocycles. The van der Waals surface area contributed by atoms with E-state index in [1.165, 1.54) is 42.2 Å². The van der Waals surface area contributed by atoms with E-state index in [1.54, 1.807) is 30.3 Å². The predicted molar refractivity (Wildman–Crippen MR) is 139 cm³/mol. The number of nitrogens with two attached hydrogens (primary N) is 1. The number of carbonyl (C=O) groups excluding carboxylic acids is 5. The van der Waals surface area contributed by atoms with Gasteiger partial charge in [0.15, 0.2) is 11.3 Å². The van der Waals surface area contributed by atoms with Crippen molar-refractivity contribution >= 4 is 29.4 Å². The summed E-state index contributed by atoms with van der Waals surface area (Å²) in [5.74, 6) is -3.15. The molecule has 1 aromatic heterocycles. The minimum Gasteiger partial charge on any atom is -0.431 e. The van der Waals surface area contributed by atoms with E-state index in [0.29, 0.717) is 17.5 Å². The summed E-state index contributed by atoms with van der Waals surface area (Å²) in [4.78, 5) is 83.2. The van der Waals surface area contributed by atoms with Crippen molar-refractivity contribution < 1.29 is 28.4 Å². The van der Waals surface area contributed by atoms with Gasteiger partial charge in [0.05, 0.1) is 12.3 Å². The third-order valence-electron chi connectivity index (χ3n) is 7.27. The maximum atomic E-state index is 14.3. The zero-order chi connectivity index (χ0) is 28.3. The average molecular weight is 537 g/mol. The van der Waals surface area contributed by atoms with Crippen molar-refractivity contribution in [3.8, 4) is 0 Å². The number of nitrogens with zero attached hydrogens (tertiary/aromatic N) is 3. The van der Waals surface area contributed by atoms with Gasteiger partial charge in [-0.2, -0.15) is 0 Å². The molecule has 0 bridgehead atoms. The summed E-state index contributed by atoms with van der Waals surface area (Å²) in [6.07, 6.45) is 1.36. The lowest BCUT2D eigenvalue weighted by molar-refractivity contribution is -0.173. The third-order valence-corrected chi connectivity index (χ3v) is 7.27. The van der Waals surface area contributed by atoms with Gasteiger partial charge in [0.2, 0.25) is 11.8 Å². The molecule has 0 aliphatic carbocycles. The summed E-state index contributed by atoms with van der Waals surface area (Å²) >= 11 is 0. The van der Waals surface area contributed by atoms with Gasteiger partial charge in [-0.15, -0.1) is 0 Å². The summed E-state index contributed by atoms with van der Waals surface area (Å²) in [6.45, 7) is 1.76. The number of amides is 4. The van der Waals surface area contributed by atoms with Gasteiger partial charge in [-0.3, -0.25) is 28.9 Å². The molecule has 2 N–H and O–H groups in total. The Morgan fingerprint density at radius 3 is 2.44 bits per heavy atom. The molecule has 0 radical (unpaired) electrons. The number of piperidine rings is 1. The van der Waals surface area contributed by atoms with Crippen LogP contribution in [0.25, 0.3) is 0 Å². The fourth-order valence-electron chi connectivity index (χ4n) is 5.38. The van der Waals surface area contributed by atoms with E-state index in [0.717, 1.165) is 4.90 Å². The molecule has 2 saturated heterocycles. The number of likely N-dealkylation sites (tertiary alicyclic amines) is 2. The number of hydrogen-bond donors (Lipinski definition) is 1. The lowest BCUT2D eigenvalue weighted by atomic mass is 9.78. The lowest BCUT2D eigenvalue weighted by Gasteiger charge is -2.46. The fraction of sp³-hybridized carbons (Fsp3) is 0.429. The van der Waals surface area contributed by atoms with Crippen LogP contribution in [0.15, 0.2) is 57.9 Å². The second kappa shape index (κ2) is 11.3. The Kier molecular flexibility index (Phi) is 8.10. The molecular weight excluding hydrogens is 504 g/mol. The van der Waals surface area contributed by atoms with E-state index in [9.17, 15) is 28.8 Å². The zero-order valence-electron chi connectivity index (χ0n) is 22.0. The maximum Gasteiger partial charge on any atom is 0.335 e. The number of carbonyl (C=O) groups is 5. The van der Waals surface area contributed by atoms with Crippen molar-refractivity contribution in [2.24, 2.45) is 5.73 Å². The topological polar surface area (TPSA) is 151 Å². The minimum absolute atomic E-state index is 0.0403. The molecule has 39 heavy (non-hydrogen) atoms. The molecule has 2 aromatic rings. The van der Waals surface area contributed by atoms with Crippen LogP contribution in [0, 0.1) is 0 Å². The van der Waals surface area contributed by atoms with Crippen molar-refractivity contribution in [2.45, 2.75) is 63.2 Å². The van der Waals surface area contributed by atoms with Crippen LogP contribution >= 0.6 is 0 Å². The zero-order valence-corrected chi connectivity index (χ0v) is 22.0. The first-order valence-corrected chi connectivity index (χ1v) is 12.9. The van der Waals surface area contributed by atoms with Gasteiger partial charge in [-0.05, 0) is 31.4 Å². The molecule has 2 aliphatic rings. The SMILES string of the molecule is C[C@H](N)C(=O)N1CCC[C@H]1C(=O)N1C(=O)CCC(=O)[C@]1(Cc1ccccc1)C(=O)N(C)Cc1ccc(=O)oc1. The van der Waals surface area contributed by atoms with Gasteiger partial charge in [0, 0.05) is 51.0 Å². The van der Waals surface area contributed by atoms with E-state index in [-0.39, 0.29) is 38.8 Å². The molecule has 11 heteroatoms. The van der Waals surface area contributed by atoms with Crippen LogP contribution in [0.3, 0.4) is 0 Å². The summed E-state index contributed by atoms with van der Waals surface area (Å²) < 4.78 is 4.90. The lowest BCUT2D eigenvalue weighted by Crippen LogP contribution is -2.72. The van der Waals surface area contributed by atoms with Crippen molar-refractivity contribution in [3.05, 3.63) is 70.3 Å². The van der Waals surface area contributed by atoms with E-state index in [1.807, 2.05) is 0 Å². The molecule has 0 unspecified atom stereocenters. The van der Waals surface area contributed by atoms with Crippen LogP contribution < -0.4 is 11.4 Å². The number of hydrogen-bond acceptors (Lipinski definition) is 8. The fourth-order valence-corrected chi connectivity index (χ4v) is 5.38. The average Bonchev–Trinajstić information content (AvgIpc) is 3.41. The highest BCUT2D eigenvalue weighted by Crippen LogP contribution is 2.35. The molecule has 2 fully saturated rings. The molecule has 1 aromatic carbocycles. The molecule has 11 nitrogen and oxygen atoms in total. The van der Waals surface area contributed by atoms with Crippen LogP contribution in [-0.2, 0) is 36.9 Å². The van der Waals surface area contributed by atoms with Gasteiger partial charge < -0.3 is 20.0 Å². The second-order valence-corrected chi connectivity index (χ2v) is 10.1. The smallest absolute Gasteiger partial charge is 0.335 e. The van der Waals surface area contributed by atoms with E-state index in [4.69, 9.17) is 10.2 Å². The Balaban J connectivity index is 1.79. The van der Waals surface area contributed by atoms with Crippen LogP contribution in [0.2, 0.25) is 0 Å². The Labute approximate surface area is 225 Å². The largest absolute Gasteiger partial charge is 0.431 e. The van der Waals surface area contributed by atoms with Crippen LogP contribution in [0.4, 0.5) is 0 Å². The number of rotatable bonds is 7. The second-order valence-electron chi connectivity index (χ2n) is 10.1. The van der Waals surface area contributed by atoms with Gasteiger partial charge >= 0.3 is 5.63 Å². The van der Waals surface area contributed by atoms with Crippen molar-refractivity contribution in [3.63, 3.8) is 0 Å². The normalized spacial score (nSPS) is 22.1. The monoisotopic (exact) mass is 536 g/mol. The van der Waals surface area contributed by atoms with Gasteiger partial charge in [0.1, 0.15) is 6.04 Å². The van der Waals surface area contributed by atoms with Crippen molar-refractivity contribution in [1.82, 2.24) is 14.7 Å². The van der Waals surface area contributed by atoms with E-state index < -0.39 is 52.7 Å². The number of likely N-dealkylation sites (N-methyl/N-ethyl adjacent to an activating group) is 1. The molecule has 0 saturated carbocycles. The molecule has 0 spiro atoms.